The van der Waals surface area contributed by atoms with E-state index in [1.165, 1.54) is 29.4 Å². The van der Waals surface area contributed by atoms with Gasteiger partial charge in [-0.1, -0.05) is 0 Å². The molecule has 0 aliphatic heterocycles. The van der Waals surface area contributed by atoms with E-state index in [1.54, 1.807) is 6.07 Å². The third-order valence-corrected chi connectivity index (χ3v) is 4.85. The highest BCUT2D eigenvalue weighted by Gasteiger charge is 2.14. The molecule has 10 heteroatoms. The molecule has 0 saturated heterocycles. The quantitative estimate of drug-likeness (QED) is 0.475. The summed E-state index contributed by atoms with van der Waals surface area (Å²) in [5, 5.41) is 3.16. The van der Waals surface area contributed by atoms with Crippen molar-refractivity contribution in [2.45, 2.75) is 13.8 Å². The van der Waals surface area contributed by atoms with Crippen molar-refractivity contribution in [3.05, 3.63) is 69.8 Å². The number of hydrogen-bond acceptors (Lipinski definition) is 7. The van der Waals surface area contributed by atoms with E-state index in [0.717, 1.165) is 18.8 Å². The van der Waals surface area contributed by atoms with E-state index in [1.807, 2.05) is 18.2 Å². The van der Waals surface area contributed by atoms with Crippen LogP contribution in [0.3, 0.4) is 0 Å². The lowest BCUT2D eigenvalue weighted by Gasteiger charge is -2.21. The monoisotopic (exact) mass is 420 g/mol. The van der Waals surface area contributed by atoms with E-state index in [4.69, 9.17) is 4.42 Å². The van der Waals surface area contributed by atoms with Gasteiger partial charge in [0, 0.05) is 48.7 Å². The summed E-state index contributed by atoms with van der Waals surface area (Å²) in [5.74, 6) is -0.0995. The van der Waals surface area contributed by atoms with Gasteiger partial charge in [-0.15, -0.1) is 0 Å². The van der Waals surface area contributed by atoms with Crippen LogP contribution in [-0.4, -0.2) is 38.6 Å². The molecule has 0 bridgehead atoms. The average molecular weight is 420 g/mol. The Balaban J connectivity index is 1.72. The largest absolute Gasteiger partial charge is 0.422 e. The number of H-pyrrole nitrogens is 1. The molecule has 0 aliphatic carbocycles. The minimum atomic E-state index is -0.619. The highest BCUT2D eigenvalue weighted by molar-refractivity contribution is 5.89. The summed E-state index contributed by atoms with van der Waals surface area (Å²) in [5.41, 5.74) is 0.507. The van der Waals surface area contributed by atoms with Gasteiger partial charge >= 0.3 is 11.7 Å². The van der Waals surface area contributed by atoms with Crippen LogP contribution in [0.5, 0.6) is 0 Å². The minimum Gasteiger partial charge on any atom is -0.422 e. The zero-order valence-electron chi connectivity index (χ0n) is 17.0. The van der Waals surface area contributed by atoms with Crippen LogP contribution in [0.1, 0.15) is 13.8 Å². The van der Waals surface area contributed by atoms with Gasteiger partial charge in [-0.2, -0.15) is 4.98 Å². The zero-order chi connectivity index (χ0) is 22.0. The van der Waals surface area contributed by atoms with E-state index in [0.29, 0.717) is 11.0 Å². The van der Waals surface area contributed by atoms with Crippen LogP contribution < -0.4 is 21.4 Å². The van der Waals surface area contributed by atoms with E-state index in [2.05, 4.69) is 39.0 Å². The molecule has 0 aliphatic rings. The molecule has 10 nitrogen and oxygen atoms in total. The number of benzene rings is 1. The molecular formula is C21H20N6O4. The number of aromatic nitrogens is 4. The van der Waals surface area contributed by atoms with E-state index < -0.39 is 17.2 Å². The summed E-state index contributed by atoms with van der Waals surface area (Å²) in [6.07, 6.45) is 4.20. The average Bonchev–Trinajstić information content (AvgIpc) is 3.29. The number of carbonyl (C=O) groups excluding carboxylic acids is 1. The smallest absolute Gasteiger partial charge is 0.345 e. The number of imidazole rings is 1. The van der Waals surface area contributed by atoms with Crippen molar-refractivity contribution in [3.63, 3.8) is 0 Å². The van der Waals surface area contributed by atoms with Gasteiger partial charge in [0.25, 0.3) is 5.56 Å². The highest BCUT2D eigenvalue weighted by atomic mass is 16.4. The van der Waals surface area contributed by atoms with Crippen LogP contribution >= 0.6 is 0 Å². The van der Waals surface area contributed by atoms with Crippen LogP contribution in [0.25, 0.3) is 22.2 Å². The number of anilines is 2. The first-order valence-electron chi connectivity index (χ1n) is 9.72. The Morgan fingerprint density at radius 1 is 1.19 bits per heavy atom. The second-order valence-corrected chi connectivity index (χ2v) is 6.72. The van der Waals surface area contributed by atoms with E-state index in [9.17, 15) is 14.4 Å². The molecule has 0 saturated carbocycles. The molecule has 1 aromatic carbocycles. The first-order valence-corrected chi connectivity index (χ1v) is 9.72. The number of nitrogens with one attached hydrogen (secondary N) is 2. The third-order valence-electron chi connectivity index (χ3n) is 4.85. The van der Waals surface area contributed by atoms with Gasteiger partial charge in [-0.3, -0.25) is 14.7 Å². The fourth-order valence-corrected chi connectivity index (χ4v) is 3.28. The second kappa shape index (κ2) is 8.27. The molecule has 0 spiro atoms. The molecule has 4 rings (SSSR count). The lowest BCUT2D eigenvalue weighted by molar-refractivity contribution is 0.253. The third kappa shape index (κ3) is 4.08. The Hall–Kier alpha value is -4.21. The van der Waals surface area contributed by atoms with Crippen LogP contribution in [0.2, 0.25) is 0 Å². The molecule has 2 N–H and O–H groups in total. The number of hydrogen-bond donors (Lipinski definition) is 2. The number of carbonyl (C=O) groups is 1. The summed E-state index contributed by atoms with van der Waals surface area (Å²) < 4.78 is 6.71. The fraction of sp³-hybridized carbons (Fsp3) is 0.190. The van der Waals surface area contributed by atoms with E-state index in [-0.39, 0.29) is 17.2 Å². The molecule has 4 aromatic rings. The molecule has 0 fully saturated rings. The Morgan fingerprint density at radius 3 is 2.71 bits per heavy atom. The normalized spacial score (nSPS) is 10.9. The number of amides is 1. The van der Waals surface area contributed by atoms with Crippen molar-refractivity contribution in [1.29, 1.82) is 0 Å². The Labute approximate surface area is 176 Å². The fourth-order valence-electron chi connectivity index (χ4n) is 3.28. The van der Waals surface area contributed by atoms with Crippen LogP contribution in [0.4, 0.5) is 16.4 Å². The van der Waals surface area contributed by atoms with Crippen molar-refractivity contribution in [1.82, 2.24) is 19.5 Å². The maximum atomic E-state index is 12.7. The number of fused-ring (bicyclic) bond motifs is 1. The minimum absolute atomic E-state index is 0.0995. The van der Waals surface area contributed by atoms with Gasteiger partial charge in [0.05, 0.1) is 11.3 Å². The maximum absolute atomic E-state index is 12.7. The van der Waals surface area contributed by atoms with Crippen LogP contribution in [-0.2, 0) is 0 Å². The van der Waals surface area contributed by atoms with E-state index >= 15 is 0 Å². The highest BCUT2D eigenvalue weighted by Crippen LogP contribution is 2.24. The Morgan fingerprint density at radius 2 is 2.00 bits per heavy atom. The molecule has 31 heavy (non-hydrogen) atoms. The van der Waals surface area contributed by atoms with Gasteiger partial charge in [0.1, 0.15) is 11.9 Å². The van der Waals surface area contributed by atoms with Crippen molar-refractivity contribution in [2.75, 3.05) is 23.3 Å². The molecule has 0 unspecified atom stereocenters. The van der Waals surface area contributed by atoms with Crippen molar-refractivity contribution in [2.24, 2.45) is 0 Å². The van der Waals surface area contributed by atoms with Gasteiger partial charge in [0.15, 0.2) is 0 Å². The molecule has 0 radical (unpaired) electrons. The molecule has 3 aromatic heterocycles. The number of nitrogens with zero attached hydrogens (tertiary/aromatic N) is 4. The molecule has 3 heterocycles. The molecular weight excluding hydrogens is 400 g/mol. The second-order valence-electron chi connectivity index (χ2n) is 6.72. The number of aromatic amines is 1. The Kier molecular flexibility index (Phi) is 5.35. The van der Waals surface area contributed by atoms with Gasteiger partial charge in [0.2, 0.25) is 5.95 Å². The van der Waals surface area contributed by atoms with Crippen LogP contribution in [0, 0.1) is 0 Å². The lowest BCUT2D eigenvalue weighted by Crippen LogP contribution is -2.22. The summed E-state index contributed by atoms with van der Waals surface area (Å²) in [6.45, 7) is 5.76. The summed E-state index contributed by atoms with van der Waals surface area (Å²) in [4.78, 5) is 49.4. The maximum Gasteiger partial charge on any atom is 0.345 e. The zero-order valence-corrected chi connectivity index (χ0v) is 17.0. The van der Waals surface area contributed by atoms with Crippen molar-refractivity contribution < 1.29 is 9.21 Å². The molecule has 158 valence electrons. The summed E-state index contributed by atoms with van der Waals surface area (Å²) >= 11 is 0. The van der Waals surface area contributed by atoms with Crippen LogP contribution in [0.15, 0.2) is 63.1 Å². The summed E-state index contributed by atoms with van der Waals surface area (Å²) in [6, 6.07) is 7.88. The SMILES string of the molecule is CCN(CC)c1ccc2cc(-c3cc(=O)nc(NC(=O)n4ccnc4)[nH]3)c(=O)oc2c1. The molecule has 1 amide bonds. The summed E-state index contributed by atoms with van der Waals surface area (Å²) in [7, 11) is 0. The van der Waals surface area contributed by atoms with Gasteiger partial charge in [-0.25, -0.2) is 14.6 Å². The first kappa shape index (κ1) is 20.1. The predicted octanol–water partition coefficient (Wildman–Crippen LogP) is 2.67. The standard InChI is InChI=1S/C21H20N6O4/c1-3-26(4-2)14-6-5-13-9-15(19(29)31-17(13)10-14)16-11-18(28)24-20(23-16)25-21(30)27-8-7-22-12-27/h5-12H,3-4H2,1-2H3,(H2,23,24,25,28,30). The topological polar surface area (TPSA) is 126 Å². The first-order chi connectivity index (χ1) is 15.0. The predicted molar refractivity (Wildman–Crippen MR) is 117 cm³/mol. The molecule has 0 atom stereocenters. The Bertz CT molecular complexity index is 1350. The van der Waals surface area contributed by atoms with Crippen molar-refractivity contribution in [3.8, 4) is 11.3 Å². The van der Waals surface area contributed by atoms with Crippen molar-refractivity contribution >= 4 is 28.6 Å². The van der Waals surface area contributed by atoms with Gasteiger partial charge in [-0.05, 0) is 32.0 Å². The van der Waals surface area contributed by atoms with Gasteiger partial charge < -0.3 is 14.3 Å². The lowest BCUT2D eigenvalue weighted by atomic mass is 10.1. The number of rotatable bonds is 5.